The molecule has 0 bridgehead atoms. The molecule has 0 heterocycles. The van der Waals surface area contributed by atoms with Crippen molar-refractivity contribution < 1.29 is 17.9 Å². The quantitative estimate of drug-likeness (QED) is 0.789. The van der Waals surface area contributed by atoms with Crippen LogP contribution in [0.3, 0.4) is 0 Å². The highest BCUT2D eigenvalue weighted by atomic mass is 32.2. The lowest BCUT2D eigenvalue weighted by atomic mass is 9.84. The van der Waals surface area contributed by atoms with Gasteiger partial charge in [0.2, 0.25) is 0 Å². The number of rotatable bonds is 6. The Morgan fingerprint density at radius 2 is 1.90 bits per heavy atom. The molecule has 0 radical (unpaired) electrons. The van der Waals surface area contributed by atoms with Crippen molar-refractivity contribution in [3.8, 4) is 0 Å². The van der Waals surface area contributed by atoms with Gasteiger partial charge in [-0.15, -0.1) is 0 Å². The molecular formula is C14H26FNO3S. The molecule has 118 valence electrons. The van der Waals surface area contributed by atoms with Crippen LogP contribution in [0.2, 0.25) is 0 Å². The minimum Gasteiger partial charge on any atom is -0.384 e. The molecule has 0 aromatic rings. The highest BCUT2D eigenvalue weighted by Gasteiger charge is 2.26. The average molecular weight is 307 g/mol. The van der Waals surface area contributed by atoms with E-state index in [9.17, 15) is 17.9 Å². The van der Waals surface area contributed by atoms with Gasteiger partial charge in [-0.2, -0.15) is 0 Å². The van der Waals surface area contributed by atoms with Crippen LogP contribution in [0, 0.1) is 5.92 Å². The molecule has 1 fully saturated rings. The van der Waals surface area contributed by atoms with Gasteiger partial charge in [0, 0.05) is 6.04 Å². The van der Waals surface area contributed by atoms with Crippen molar-refractivity contribution in [1.29, 1.82) is 0 Å². The Morgan fingerprint density at radius 1 is 1.35 bits per heavy atom. The second-order valence-electron chi connectivity index (χ2n) is 5.99. The van der Waals surface area contributed by atoms with Gasteiger partial charge in [-0.1, -0.05) is 32.1 Å². The molecule has 0 amide bonds. The van der Waals surface area contributed by atoms with Crippen molar-refractivity contribution in [2.24, 2.45) is 11.7 Å². The van der Waals surface area contributed by atoms with Crippen LogP contribution < -0.4 is 5.73 Å². The fraction of sp³-hybridized carbons (Fsp3) is 0.857. The number of aliphatic hydroxyl groups excluding tert-OH is 1. The van der Waals surface area contributed by atoms with Gasteiger partial charge in [0.15, 0.2) is 9.84 Å². The zero-order valence-electron chi connectivity index (χ0n) is 12.3. The Labute approximate surface area is 121 Å². The predicted octanol–water partition coefficient (Wildman–Crippen LogP) is 2.28. The summed E-state index contributed by atoms with van der Waals surface area (Å²) in [6, 6.07) is -0.753. The van der Waals surface area contributed by atoms with Gasteiger partial charge >= 0.3 is 0 Å². The zero-order valence-corrected chi connectivity index (χ0v) is 13.1. The summed E-state index contributed by atoms with van der Waals surface area (Å²) in [7, 11) is -3.66. The van der Waals surface area contributed by atoms with E-state index in [2.05, 4.69) is 0 Å². The molecular weight excluding hydrogens is 281 g/mol. The standard InChI is InChI=1S/C14H26FNO3S/c1-10(2)20(18,19)9-12(15)14(17)13(16)8-11-6-4-3-5-7-11/h9-11,13-14,17H,3-8,16H2,1-2H3/b12-9-/t13-,14-/m0/s1. The Balaban J connectivity index is 2.63. The molecule has 1 aliphatic carbocycles. The van der Waals surface area contributed by atoms with E-state index in [0.29, 0.717) is 17.7 Å². The Bertz CT molecular complexity index is 428. The maximum absolute atomic E-state index is 13.8. The third kappa shape index (κ3) is 5.14. The first-order valence-corrected chi connectivity index (χ1v) is 8.89. The van der Waals surface area contributed by atoms with Crippen LogP contribution >= 0.6 is 0 Å². The first kappa shape index (κ1) is 17.6. The molecule has 0 aromatic heterocycles. The molecule has 0 aromatic carbocycles. The molecule has 0 aliphatic heterocycles. The summed E-state index contributed by atoms with van der Waals surface area (Å²) in [5.74, 6) is -0.648. The number of aliphatic hydroxyl groups is 1. The van der Waals surface area contributed by atoms with Crippen molar-refractivity contribution in [2.75, 3.05) is 0 Å². The van der Waals surface area contributed by atoms with Crippen LogP contribution in [0.25, 0.3) is 0 Å². The lowest BCUT2D eigenvalue weighted by molar-refractivity contribution is 0.136. The van der Waals surface area contributed by atoms with Crippen molar-refractivity contribution in [3.63, 3.8) is 0 Å². The number of sulfone groups is 1. The third-order valence-corrected chi connectivity index (χ3v) is 5.82. The van der Waals surface area contributed by atoms with E-state index in [1.165, 1.54) is 20.3 Å². The lowest BCUT2D eigenvalue weighted by Crippen LogP contribution is -2.37. The van der Waals surface area contributed by atoms with Gasteiger partial charge in [-0.3, -0.25) is 0 Å². The third-order valence-electron chi connectivity index (χ3n) is 3.95. The van der Waals surface area contributed by atoms with Crippen molar-refractivity contribution >= 4 is 9.84 Å². The minimum absolute atomic E-state index is 0.405. The first-order chi connectivity index (χ1) is 9.24. The van der Waals surface area contributed by atoms with Crippen molar-refractivity contribution in [2.45, 2.75) is 69.8 Å². The summed E-state index contributed by atoms with van der Waals surface area (Å²) in [4.78, 5) is 0. The van der Waals surface area contributed by atoms with E-state index < -0.39 is 33.1 Å². The maximum Gasteiger partial charge on any atom is 0.176 e. The molecule has 1 aliphatic rings. The summed E-state index contributed by atoms with van der Waals surface area (Å²) >= 11 is 0. The molecule has 1 saturated carbocycles. The lowest BCUT2D eigenvalue weighted by Gasteiger charge is -2.26. The van der Waals surface area contributed by atoms with E-state index in [4.69, 9.17) is 5.73 Å². The summed E-state index contributed by atoms with van der Waals surface area (Å²) in [5.41, 5.74) is 5.82. The summed E-state index contributed by atoms with van der Waals surface area (Å²) < 4.78 is 37.0. The summed E-state index contributed by atoms with van der Waals surface area (Å²) in [6.45, 7) is 2.93. The summed E-state index contributed by atoms with van der Waals surface area (Å²) in [6.07, 6.45) is 4.61. The molecule has 20 heavy (non-hydrogen) atoms. The smallest absolute Gasteiger partial charge is 0.176 e. The molecule has 0 unspecified atom stereocenters. The Kier molecular flexibility index (Phi) is 6.61. The number of hydrogen-bond acceptors (Lipinski definition) is 4. The van der Waals surface area contributed by atoms with E-state index in [0.717, 1.165) is 25.7 Å². The topological polar surface area (TPSA) is 80.4 Å². The van der Waals surface area contributed by atoms with Crippen LogP contribution in [0.1, 0.15) is 52.4 Å². The van der Waals surface area contributed by atoms with E-state index in [1.807, 2.05) is 0 Å². The van der Waals surface area contributed by atoms with Gasteiger partial charge < -0.3 is 10.8 Å². The molecule has 0 spiro atoms. The van der Waals surface area contributed by atoms with Crippen LogP contribution in [0.4, 0.5) is 4.39 Å². The highest BCUT2D eigenvalue weighted by molar-refractivity contribution is 7.94. The van der Waals surface area contributed by atoms with Crippen LogP contribution in [-0.4, -0.2) is 30.9 Å². The van der Waals surface area contributed by atoms with Crippen molar-refractivity contribution in [3.05, 3.63) is 11.2 Å². The Morgan fingerprint density at radius 3 is 2.40 bits per heavy atom. The molecule has 4 nitrogen and oxygen atoms in total. The normalized spacial score (nSPS) is 22.0. The fourth-order valence-electron chi connectivity index (χ4n) is 2.50. The van der Waals surface area contributed by atoms with Gasteiger partial charge in [0.1, 0.15) is 11.9 Å². The largest absolute Gasteiger partial charge is 0.384 e. The van der Waals surface area contributed by atoms with Crippen LogP contribution in [0.5, 0.6) is 0 Å². The first-order valence-electron chi connectivity index (χ1n) is 7.28. The van der Waals surface area contributed by atoms with Crippen molar-refractivity contribution in [1.82, 2.24) is 0 Å². The van der Waals surface area contributed by atoms with Gasteiger partial charge in [-0.25, -0.2) is 12.8 Å². The molecule has 6 heteroatoms. The number of hydrogen-bond donors (Lipinski definition) is 2. The maximum atomic E-state index is 13.8. The van der Waals surface area contributed by atoms with Gasteiger partial charge in [0.05, 0.1) is 10.7 Å². The van der Waals surface area contributed by atoms with Gasteiger partial charge in [-0.05, 0) is 26.2 Å². The number of nitrogens with two attached hydrogens (primary N) is 1. The Hall–Kier alpha value is -0.460. The monoisotopic (exact) mass is 307 g/mol. The highest BCUT2D eigenvalue weighted by Crippen LogP contribution is 2.28. The summed E-state index contributed by atoms with van der Waals surface area (Å²) in [5, 5.41) is 9.63. The van der Waals surface area contributed by atoms with E-state index >= 15 is 0 Å². The molecule has 1 rings (SSSR count). The molecule has 3 N–H and O–H groups in total. The number of halogens is 1. The van der Waals surface area contributed by atoms with Crippen LogP contribution in [0.15, 0.2) is 11.2 Å². The molecule has 2 atom stereocenters. The predicted molar refractivity (Wildman–Crippen MR) is 78.4 cm³/mol. The second kappa shape index (κ2) is 7.52. The SMILES string of the molecule is CC(C)S(=O)(=O)/C=C(\F)[C@H](O)[C@@H](N)CC1CCCCC1. The van der Waals surface area contributed by atoms with Gasteiger partial charge in [0.25, 0.3) is 0 Å². The molecule has 0 saturated heterocycles. The second-order valence-corrected chi connectivity index (χ2v) is 8.35. The minimum atomic E-state index is -3.66. The van der Waals surface area contributed by atoms with Crippen LogP contribution in [-0.2, 0) is 9.84 Å². The average Bonchev–Trinajstić information content (AvgIpc) is 2.38. The van der Waals surface area contributed by atoms with E-state index in [-0.39, 0.29) is 0 Å². The van der Waals surface area contributed by atoms with E-state index in [1.54, 1.807) is 0 Å². The zero-order chi connectivity index (χ0) is 15.3. The fourth-order valence-corrected chi connectivity index (χ4v) is 3.23.